The molecule has 0 radical (unpaired) electrons. The zero-order valence-corrected chi connectivity index (χ0v) is 15.6. The molecule has 2 atom stereocenters. The Bertz CT molecular complexity index is 764. The zero-order valence-electron chi connectivity index (χ0n) is 15.6. The molecule has 1 aliphatic heterocycles. The summed E-state index contributed by atoms with van der Waals surface area (Å²) in [6, 6.07) is 15.3. The van der Waals surface area contributed by atoms with Crippen molar-refractivity contribution in [3.05, 3.63) is 71.3 Å². The minimum Gasteiger partial charge on any atom is -0.389 e. The molecule has 1 heterocycles. The molecule has 0 aromatic heterocycles. The molecule has 0 bridgehead atoms. The largest absolute Gasteiger partial charge is 0.416 e. The Labute approximate surface area is 158 Å². The molecule has 2 aromatic rings. The van der Waals surface area contributed by atoms with Crippen molar-refractivity contribution in [2.45, 2.75) is 30.8 Å². The molecule has 1 N–H and O–H groups in total. The summed E-state index contributed by atoms with van der Waals surface area (Å²) in [4.78, 5) is 4.07. The van der Waals surface area contributed by atoms with Crippen LogP contribution in [-0.2, 0) is 18.3 Å². The summed E-state index contributed by atoms with van der Waals surface area (Å²) in [5.74, 6) is 0. The molecule has 3 nitrogen and oxygen atoms in total. The van der Waals surface area contributed by atoms with Crippen LogP contribution in [0, 0.1) is 0 Å². The Hall–Kier alpha value is -1.89. The quantitative estimate of drug-likeness (QED) is 0.878. The fourth-order valence-electron chi connectivity index (χ4n) is 4.07. The summed E-state index contributed by atoms with van der Waals surface area (Å²) in [6.07, 6.45) is -4.29. The van der Waals surface area contributed by atoms with Crippen LogP contribution in [0.2, 0.25) is 0 Å². The third-order valence-corrected chi connectivity index (χ3v) is 5.52. The van der Waals surface area contributed by atoms with Gasteiger partial charge in [0.25, 0.3) is 0 Å². The van der Waals surface area contributed by atoms with E-state index in [-0.39, 0.29) is 0 Å². The third-order valence-electron chi connectivity index (χ3n) is 5.52. The fraction of sp³-hybridized carbons (Fsp3) is 0.429. The Morgan fingerprint density at radius 3 is 2.41 bits per heavy atom. The SMILES string of the molecule is CN(C)[C@]1(c2ccccc2)CCN(Cc2cccc(C(F)(F)F)c2)C[C@H]1O. The van der Waals surface area contributed by atoms with Crippen molar-refractivity contribution < 1.29 is 18.3 Å². The number of aliphatic hydroxyl groups is 1. The maximum atomic E-state index is 12.9. The number of nitrogens with zero attached hydrogens (tertiary/aromatic N) is 2. The highest BCUT2D eigenvalue weighted by molar-refractivity contribution is 5.28. The normalized spacial score (nSPS) is 24.3. The Kier molecular flexibility index (Phi) is 5.60. The van der Waals surface area contributed by atoms with E-state index >= 15 is 0 Å². The second kappa shape index (κ2) is 7.62. The van der Waals surface area contributed by atoms with Gasteiger partial charge >= 0.3 is 6.18 Å². The van der Waals surface area contributed by atoms with E-state index in [0.29, 0.717) is 31.6 Å². The zero-order chi connectivity index (χ0) is 19.7. The molecule has 3 rings (SSSR count). The lowest BCUT2D eigenvalue weighted by Gasteiger charge is -2.50. The minimum absolute atomic E-state index is 0.388. The van der Waals surface area contributed by atoms with E-state index in [1.54, 1.807) is 6.07 Å². The predicted octanol–water partition coefficient (Wildman–Crippen LogP) is 3.73. The Morgan fingerprint density at radius 1 is 1.11 bits per heavy atom. The molecule has 27 heavy (non-hydrogen) atoms. The van der Waals surface area contributed by atoms with Crippen molar-refractivity contribution >= 4 is 0 Å². The monoisotopic (exact) mass is 378 g/mol. The van der Waals surface area contributed by atoms with Gasteiger partial charge in [0.1, 0.15) is 0 Å². The molecule has 0 spiro atoms. The third kappa shape index (κ3) is 4.03. The number of likely N-dealkylation sites (N-methyl/N-ethyl adjacent to an activating group) is 1. The van der Waals surface area contributed by atoms with Crippen LogP contribution in [0.5, 0.6) is 0 Å². The van der Waals surface area contributed by atoms with Crippen molar-refractivity contribution in [3.63, 3.8) is 0 Å². The van der Waals surface area contributed by atoms with Gasteiger partial charge in [-0.3, -0.25) is 9.80 Å². The van der Waals surface area contributed by atoms with Crippen LogP contribution in [0.3, 0.4) is 0 Å². The lowest BCUT2D eigenvalue weighted by atomic mass is 9.77. The summed E-state index contributed by atoms with van der Waals surface area (Å²) in [5.41, 5.74) is 0.533. The van der Waals surface area contributed by atoms with Crippen molar-refractivity contribution in [3.8, 4) is 0 Å². The van der Waals surface area contributed by atoms with Crippen LogP contribution in [-0.4, -0.2) is 48.2 Å². The van der Waals surface area contributed by atoms with E-state index in [1.165, 1.54) is 12.1 Å². The van der Waals surface area contributed by atoms with Crippen molar-refractivity contribution in [2.75, 3.05) is 27.2 Å². The first-order chi connectivity index (χ1) is 12.7. The van der Waals surface area contributed by atoms with E-state index < -0.39 is 23.4 Å². The van der Waals surface area contributed by atoms with Gasteiger partial charge in [0.05, 0.1) is 17.2 Å². The van der Waals surface area contributed by atoms with E-state index in [2.05, 4.69) is 4.90 Å². The molecule has 2 aromatic carbocycles. The Morgan fingerprint density at radius 2 is 1.81 bits per heavy atom. The summed E-state index contributed by atoms with van der Waals surface area (Å²) in [6.45, 7) is 1.49. The molecule has 0 saturated carbocycles. The van der Waals surface area contributed by atoms with Gasteiger partial charge in [0.2, 0.25) is 0 Å². The van der Waals surface area contributed by atoms with Gasteiger partial charge in [-0.15, -0.1) is 0 Å². The predicted molar refractivity (Wildman–Crippen MR) is 99.2 cm³/mol. The molecule has 0 aliphatic carbocycles. The highest BCUT2D eigenvalue weighted by Crippen LogP contribution is 2.38. The number of likely N-dealkylation sites (tertiary alicyclic amines) is 1. The number of β-amino-alcohol motifs (C(OH)–C–C–N with tert-alkyl or cyclic N) is 1. The molecule has 0 unspecified atom stereocenters. The molecular formula is C21H25F3N2O. The Balaban J connectivity index is 1.77. The van der Waals surface area contributed by atoms with Gasteiger partial charge in [-0.2, -0.15) is 13.2 Å². The fourth-order valence-corrected chi connectivity index (χ4v) is 4.07. The lowest BCUT2D eigenvalue weighted by Crippen LogP contribution is -2.59. The first kappa shape index (κ1) is 19.9. The average molecular weight is 378 g/mol. The second-order valence-corrected chi connectivity index (χ2v) is 7.38. The standard InChI is InChI=1S/C21H25F3N2O/c1-25(2)20(17-8-4-3-5-9-17)11-12-26(15-19(20)27)14-16-7-6-10-18(13-16)21(22,23)24/h3-10,13,19,27H,11-12,14-15H2,1-2H3/t19-,20+/m1/s1. The molecule has 1 aliphatic rings. The van der Waals surface area contributed by atoms with E-state index in [4.69, 9.17) is 0 Å². The van der Waals surface area contributed by atoms with Crippen LogP contribution in [0.15, 0.2) is 54.6 Å². The van der Waals surface area contributed by atoms with Crippen LogP contribution in [0.4, 0.5) is 13.2 Å². The molecule has 1 saturated heterocycles. The first-order valence-electron chi connectivity index (χ1n) is 9.03. The second-order valence-electron chi connectivity index (χ2n) is 7.38. The van der Waals surface area contributed by atoms with Crippen LogP contribution >= 0.6 is 0 Å². The highest BCUT2D eigenvalue weighted by atomic mass is 19.4. The number of halogens is 3. The summed E-state index contributed by atoms with van der Waals surface area (Å²) >= 11 is 0. The smallest absolute Gasteiger partial charge is 0.389 e. The van der Waals surface area contributed by atoms with E-state index in [9.17, 15) is 18.3 Å². The lowest BCUT2D eigenvalue weighted by molar-refractivity contribution is -0.137. The number of benzene rings is 2. The number of alkyl halides is 3. The van der Waals surface area contributed by atoms with Crippen molar-refractivity contribution in [1.82, 2.24) is 9.80 Å². The molecule has 1 fully saturated rings. The first-order valence-corrected chi connectivity index (χ1v) is 9.03. The van der Waals surface area contributed by atoms with E-state index in [1.807, 2.05) is 49.3 Å². The topological polar surface area (TPSA) is 26.7 Å². The average Bonchev–Trinajstić information content (AvgIpc) is 2.62. The summed E-state index contributed by atoms with van der Waals surface area (Å²) in [5, 5.41) is 11.0. The molecule has 146 valence electrons. The number of rotatable bonds is 4. The summed E-state index contributed by atoms with van der Waals surface area (Å²) in [7, 11) is 3.91. The van der Waals surface area contributed by atoms with Crippen LogP contribution in [0.25, 0.3) is 0 Å². The summed E-state index contributed by atoms with van der Waals surface area (Å²) < 4.78 is 38.8. The highest BCUT2D eigenvalue weighted by Gasteiger charge is 2.45. The van der Waals surface area contributed by atoms with Gasteiger partial charge < -0.3 is 5.11 Å². The number of hydrogen-bond donors (Lipinski definition) is 1. The minimum atomic E-state index is -4.34. The maximum Gasteiger partial charge on any atom is 0.416 e. The van der Waals surface area contributed by atoms with Crippen molar-refractivity contribution in [2.24, 2.45) is 0 Å². The van der Waals surface area contributed by atoms with Gasteiger partial charge in [0.15, 0.2) is 0 Å². The van der Waals surface area contributed by atoms with Crippen LogP contribution < -0.4 is 0 Å². The van der Waals surface area contributed by atoms with E-state index in [0.717, 1.165) is 11.6 Å². The van der Waals surface area contributed by atoms with Gasteiger partial charge in [-0.25, -0.2) is 0 Å². The maximum absolute atomic E-state index is 12.9. The number of aliphatic hydroxyl groups excluding tert-OH is 1. The van der Waals surface area contributed by atoms with Crippen LogP contribution in [0.1, 0.15) is 23.1 Å². The van der Waals surface area contributed by atoms with Gasteiger partial charge in [0, 0.05) is 19.6 Å². The van der Waals surface area contributed by atoms with Crippen molar-refractivity contribution in [1.29, 1.82) is 0 Å². The number of piperidine rings is 1. The molecule has 6 heteroatoms. The van der Waals surface area contributed by atoms with Gasteiger partial charge in [-0.05, 0) is 37.7 Å². The molecular weight excluding hydrogens is 353 g/mol. The number of hydrogen-bond acceptors (Lipinski definition) is 3. The molecule has 0 amide bonds. The van der Waals surface area contributed by atoms with Gasteiger partial charge in [-0.1, -0.05) is 48.5 Å².